The number of ether oxygens (including phenoxy) is 1. The maximum atomic E-state index is 12.1. The van der Waals surface area contributed by atoms with Gasteiger partial charge in [-0.05, 0) is 30.0 Å². The lowest BCUT2D eigenvalue weighted by Gasteiger charge is -2.19. The predicted molar refractivity (Wildman–Crippen MR) is 68.7 cm³/mol. The van der Waals surface area contributed by atoms with Crippen molar-refractivity contribution >= 4 is 0 Å². The number of benzene rings is 1. The van der Waals surface area contributed by atoms with E-state index in [1.807, 2.05) is 6.07 Å². The van der Waals surface area contributed by atoms with Gasteiger partial charge in [-0.15, -0.1) is 0 Å². The second kappa shape index (κ2) is 7.31. The van der Waals surface area contributed by atoms with E-state index in [4.69, 9.17) is 5.73 Å². The van der Waals surface area contributed by atoms with Crippen LogP contribution in [0.4, 0.5) is 8.78 Å². The molecule has 0 bridgehead atoms. The summed E-state index contributed by atoms with van der Waals surface area (Å²) in [4.78, 5) is 0. The summed E-state index contributed by atoms with van der Waals surface area (Å²) in [5, 5.41) is 0. The molecule has 4 heteroatoms. The molecule has 102 valence electrons. The quantitative estimate of drug-likeness (QED) is 0.797. The van der Waals surface area contributed by atoms with E-state index in [-0.39, 0.29) is 11.8 Å². The third-order valence-corrected chi connectivity index (χ3v) is 3.25. The Morgan fingerprint density at radius 3 is 2.44 bits per heavy atom. The monoisotopic (exact) mass is 257 g/mol. The SMILES string of the molecule is CCC(CC)CC(N)c1cccc(OC(F)F)c1. The van der Waals surface area contributed by atoms with Gasteiger partial charge >= 0.3 is 6.61 Å². The number of alkyl halides is 2. The first kappa shape index (κ1) is 14.9. The third-order valence-electron chi connectivity index (χ3n) is 3.25. The molecule has 1 aromatic carbocycles. The Bertz CT molecular complexity index is 353. The van der Waals surface area contributed by atoms with E-state index in [9.17, 15) is 8.78 Å². The number of hydrogen-bond acceptors (Lipinski definition) is 2. The molecule has 1 aromatic rings. The molecule has 0 amide bonds. The van der Waals surface area contributed by atoms with Gasteiger partial charge in [-0.3, -0.25) is 0 Å². The Morgan fingerprint density at radius 1 is 1.22 bits per heavy atom. The van der Waals surface area contributed by atoms with Gasteiger partial charge in [-0.2, -0.15) is 8.78 Å². The van der Waals surface area contributed by atoms with Gasteiger partial charge in [0, 0.05) is 6.04 Å². The second-order valence-corrected chi connectivity index (χ2v) is 4.48. The van der Waals surface area contributed by atoms with Crippen LogP contribution in [-0.4, -0.2) is 6.61 Å². The van der Waals surface area contributed by atoms with Gasteiger partial charge in [-0.1, -0.05) is 38.8 Å². The van der Waals surface area contributed by atoms with Crippen LogP contribution in [-0.2, 0) is 0 Å². The van der Waals surface area contributed by atoms with E-state index in [2.05, 4.69) is 18.6 Å². The van der Waals surface area contributed by atoms with Gasteiger partial charge in [0.15, 0.2) is 0 Å². The highest BCUT2D eigenvalue weighted by atomic mass is 19.3. The number of halogens is 2. The molecule has 1 unspecified atom stereocenters. The molecule has 0 aromatic heterocycles. The fraction of sp³-hybridized carbons (Fsp3) is 0.571. The lowest BCUT2D eigenvalue weighted by atomic mass is 9.91. The van der Waals surface area contributed by atoms with Crippen molar-refractivity contribution in [2.24, 2.45) is 11.7 Å². The van der Waals surface area contributed by atoms with Crippen molar-refractivity contribution in [1.82, 2.24) is 0 Å². The van der Waals surface area contributed by atoms with E-state index in [1.54, 1.807) is 12.1 Å². The van der Waals surface area contributed by atoms with Crippen molar-refractivity contribution in [2.75, 3.05) is 0 Å². The van der Waals surface area contributed by atoms with Crippen molar-refractivity contribution in [3.05, 3.63) is 29.8 Å². The molecule has 1 rings (SSSR count). The zero-order valence-electron chi connectivity index (χ0n) is 10.9. The fourth-order valence-corrected chi connectivity index (χ4v) is 2.04. The molecule has 0 spiro atoms. The van der Waals surface area contributed by atoms with Gasteiger partial charge in [0.25, 0.3) is 0 Å². The lowest BCUT2D eigenvalue weighted by Crippen LogP contribution is -2.15. The summed E-state index contributed by atoms with van der Waals surface area (Å²) in [6.07, 6.45) is 3.03. The highest BCUT2D eigenvalue weighted by Gasteiger charge is 2.13. The van der Waals surface area contributed by atoms with Gasteiger partial charge < -0.3 is 10.5 Å². The Morgan fingerprint density at radius 2 is 1.89 bits per heavy atom. The topological polar surface area (TPSA) is 35.2 Å². The third kappa shape index (κ3) is 4.61. The zero-order valence-corrected chi connectivity index (χ0v) is 10.9. The highest BCUT2D eigenvalue weighted by molar-refractivity contribution is 5.30. The van der Waals surface area contributed by atoms with Crippen LogP contribution < -0.4 is 10.5 Å². The highest BCUT2D eigenvalue weighted by Crippen LogP contribution is 2.26. The van der Waals surface area contributed by atoms with Crippen molar-refractivity contribution < 1.29 is 13.5 Å². The molecule has 0 aliphatic rings. The van der Waals surface area contributed by atoms with Crippen molar-refractivity contribution in [3.8, 4) is 5.75 Å². The summed E-state index contributed by atoms with van der Waals surface area (Å²) in [7, 11) is 0. The normalized spacial score (nSPS) is 13.1. The Kier molecular flexibility index (Phi) is 6.05. The molecule has 0 aliphatic heterocycles. The standard InChI is InChI=1S/C14H21F2NO/c1-3-10(4-2)8-13(17)11-6-5-7-12(9-11)18-14(15)16/h5-7,9-10,13-14H,3-4,8,17H2,1-2H3. The fourth-order valence-electron chi connectivity index (χ4n) is 2.04. The van der Waals surface area contributed by atoms with Crippen molar-refractivity contribution in [2.45, 2.75) is 45.8 Å². The molecule has 0 radical (unpaired) electrons. The van der Waals surface area contributed by atoms with Gasteiger partial charge in [0.2, 0.25) is 0 Å². The number of nitrogens with two attached hydrogens (primary N) is 1. The number of rotatable bonds is 7. The molecule has 18 heavy (non-hydrogen) atoms. The molecular weight excluding hydrogens is 236 g/mol. The molecule has 0 aliphatic carbocycles. The van der Waals surface area contributed by atoms with E-state index in [0.29, 0.717) is 5.92 Å². The molecule has 1 atom stereocenters. The molecule has 2 N–H and O–H groups in total. The Labute approximate surface area is 107 Å². The summed E-state index contributed by atoms with van der Waals surface area (Å²) in [6, 6.07) is 6.53. The van der Waals surface area contributed by atoms with E-state index in [1.165, 1.54) is 6.07 Å². The minimum atomic E-state index is -2.80. The van der Waals surface area contributed by atoms with Gasteiger partial charge in [0.1, 0.15) is 5.75 Å². The molecule has 2 nitrogen and oxygen atoms in total. The first-order valence-electron chi connectivity index (χ1n) is 6.37. The van der Waals surface area contributed by atoms with Crippen LogP contribution in [0.3, 0.4) is 0 Å². The first-order chi connectivity index (χ1) is 8.56. The average Bonchev–Trinajstić information content (AvgIpc) is 2.35. The van der Waals surface area contributed by atoms with Crippen molar-refractivity contribution in [1.29, 1.82) is 0 Å². The summed E-state index contributed by atoms with van der Waals surface area (Å²) < 4.78 is 28.6. The minimum absolute atomic E-state index is 0.129. The summed E-state index contributed by atoms with van der Waals surface area (Å²) in [5.74, 6) is 0.738. The van der Waals surface area contributed by atoms with Crippen LogP contribution in [0.1, 0.15) is 44.7 Å². The van der Waals surface area contributed by atoms with Crippen molar-refractivity contribution in [3.63, 3.8) is 0 Å². The van der Waals surface area contributed by atoms with Crippen LogP contribution in [0.5, 0.6) is 5.75 Å². The molecule has 0 saturated heterocycles. The summed E-state index contributed by atoms with van der Waals surface area (Å²) >= 11 is 0. The molecule has 0 heterocycles. The Hall–Kier alpha value is -1.16. The molecule has 0 saturated carbocycles. The number of hydrogen-bond donors (Lipinski definition) is 1. The molecule has 0 fully saturated rings. The maximum absolute atomic E-state index is 12.1. The second-order valence-electron chi connectivity index (χ2n) is 4.48. The van der Waals surface area contributed by atoms with Crippen LogP contribution in [0.15, 0.2) is 24.3 Å². The van der Waals surface area contributed by atoms with Gasteiger partial charge in [0.05, 0.1) is 0 Å². The lowest BCUT2D eigenvalue weighted by molar-refractivity contribution is -0.0499. The summed E-state index contributed by atoms with van der Waals surface area (Å²) in [6.45, 7) is 1.48. The van der Waals surface area contributed by atoms with E-state index in [0.717, 1.165) is 24.8 Å². The molecular formula is C14H21F2NO. The van der Waals surface area contributed by atoms with Crippen LogP contribution >= 0.6 is 0 Å². The van der Waals surface area contributed by atoms with Gasteiger partial charge in [-0.25, -0.2) is 0 Å². The smallest absolute Gasteiger partial charge is 0.387 e. The van der Waals surface area contributed by atoms with Crippen LogP contribution in [0.2, 0.25) is 0 Å². The van der Waals surface area contributed by atoms with E-state index >= 15 is 0 Å². The van der Waals surface area contributed by atoms with E-state index < -0.39 is 6.61 Å². The minimum Gasteiger partial charge on any atom is -0.435 e. The van der Waals surface area contributed by atoms with Crippen LogP contribution in [0, 0.1) is 5.92 Å². The summed E-state index contributed by atoms with van der Waals surface area (Å²) in [5.41, 5.74) is 6.95. The maximum Gasteiger partial charge on any atom is 0.387 e. The average molecular weight is 257 g/mol. The Balaban J connectivity index is 2.70. The largest absolute Gasteiger partial charge is 0.435 e. The predicted octanol–water partition coefficient (Wildman–Crippen LogP) is 4.11. The van der Waals surface area contributed by atoms with Crippen LogP contribution in [0.25, 0.3) is 0 Å². The first-order valence-corrected chi connectivity index (χ1v) is 6.37. The zero-order chi connectivity index (χ0) is 13.5.